The molecule has 1 N–H and O–H groups in total. The van der Waals surface area contributed by atoms with E-state index in [0.717, 1.165) is 5.56 Å². The van der Waals surface area contributed by atoms with E-state index in [-0.39, 0.29) is 5.82 Å². The van der Waals surface area contributed by atoms with E-state index < -0.39 is 0 Å². The molecule has 4 rings (SSSR count). The van der Waals surface area contributed by atoms with Gasteiger partial charge in [-0.1, -0.05) is 12.1 Å². The zero-order valence-corrected chi connectivity index (χ0v) is 16.1. The molecule has 0 bridgehead atoms. The van der Waals surface area contributed by atoms with E-state index in [1.165, 1.54) is 12.1 Å². The minimum absolute atomic E-state index is 0.312. The van der Waals surface area contributed by atoms with E-state index in [2.05, 4.69) is 15.4 Å². The summed E-state index contributed by atoms with van der Waals surface area (Å²) >= 11 is 0. The first-order valence-corrected chi connectivity index (χ1v) is 8.80. The molecule has 0 amide bonds. The molecule has 0 radical (unpaired) electrons. The fourth-order valence-corrected chi connectivity index (χ4v) is 3.10. The van der Waals surface area contributed by atoms with Gasteiger partial charge in [0.2, 0.25) is 5.75 Å². The number of halogens is 1. The number of benzene rings is 2. The molecule has 0 aliphatic rings. The van der Waals surface area contributed by atoms with Crippen LogP contribution >= 0.6 is 0 Å². The van der Waals surface area contributed by atoms with Crippen molar-refractivity contribution in [2.24, 2.45) is 0 Å². The van der Waals surface area contributed by atoms with E-state index in [1.807, 2.05) is 6.07 Å². The molecule has 0 saturated heterocycles. The number of methoxy groups -OCH3 is 3. The molecule has 0 unspecified atom stereocenters. The van der Waals surface area contributed by atoms with E-state index in [1.54, 1.807) is 62.5 Å². The molecule has 2 aromatic heterocycles. The number of hydrogen-bond donors (Lipinski definition) is 1. The molecule has 0 atom stereocenters. The molecule has 2 aromatic carbocycles. The van der Waals surface area contributed by atoms with Gasteiger partial charge in [0.25, 0.3) is 0 Å². The Labute approximate surface area is 166 Å². The minimum Gasteiger partial charge on any atom is -0.493 e. The number of aromatic nitrogens is 3. The van der Waals surface area contributed by atoms with Crippen molar-refractivity contribution in [2.75, 3.05) is 26.6 Å². The topological polar surface area (TPSA) is 69.9 Å². The van der Waals surface area contributed by atoms with Gasteiger partial charge in [-0.05, 0) is 23.8 Å². The highest BCUT2D eigenvalue weighted by molar-refractivity contribution is 5.78. The Morgan fingerprint density at radius 2 is 1.72 bits per heavy atom. The Morgan fingerprint density at radius 1 is 0.966 bits per heavy atom. The lowest BCUT2D eigenvalue weighted by Gasteiger charge is -2.15. The highest BCUT2D eigenvalue weighted by atomic mass is 19.1. The Morgan fingerprint density at radius 3 is 2.38 bits per heavy atom. The fourth-order valence-electron chi connectivity index (χ4n) is 3.10. The molecule has 29 heavy (non-hydrogen) atoms. The molecule has 0 spiro atoms. The molecule has 8 heteroatoms. The number of fused-ring (bicyclic) bond motifs is 1. The van der Waals surface area contributed by atoms with Crippen molar-refractivity contribution in [3.63, 3.8) is 0 Å². The monoisotopic (exact) mass is 394 g/mol. The van der Waals surface area contributed by atoms with Gasteiger partial charge in [0, 0.05) is 29.6 Å². The summed E-state index contributed by atoms with van der Waals surface area (Å²) in [6, 6.07) is 11.7. The van der Waals surface area contributed by atoms with Crippen LogP contribution in [0.25, 0.3) is 16.8 Å². The van der Waals surface area contributed by atoms with Crippen molar-refractivity contribution >= 4 is 17.2 Å². The smallest absolute Gasteiger partial charge is 0.203 e. The van der Waals surface area contributed by atoms with Crippen LogP contribution in [0.15, 0.2) is 54.9 Å². The van der Waals surface area contributed by atoms with Crippen LogP contribution in [-0.2, 0) is 0 Å². The summed E-state index contributed by atoms with van der Waals surface area (Å²) in [5.41, 5.74) is 2.76. The molecule has 0 fully saturated rings. The van der Waals surface area contributed by atoms with Gasteiger partial charge in [0.05, 0.1) is 27.5 Å². The molecule has 148 valence electrons. The lowest BCUT2D eigenvalue weighted by atomic mass is 10.1. The van der Waals surface area contributed by atoms with Gasteiger partial charge >= 0.3 is 0 Å². The van der Waals surface area contributed by atoms with Crippen LogP contribution in [0.4, 0.5) is 15.9 Å². The number of rotatable bonds is 6. The van der Waals surface area contributed by atoms with Gasteiger partial charge in [0.1, 0.15) is 11.6 Å². The van der Waals surface area contributed by atoms with Gasteiger partial charge in [-0.15, -0.1) is 0 Å². The molecule has 2 heterocycles. The zero-order valence-electron chi connectivity index (χ0n) is 16.1. The van der Waals surface area contributed by atoms with Crippen molar-refractivity contribution in [3.8, 4) is 28.4 Å². The molecule has 0 aliphatic heterocycles. The number of anilines is 2. The highest BCUT2D eigenvalue weighted by Gasteiger charge is 2.14. The third-order valence-electron chi connectivity index (χ3n) is 4.44. The van der Waals surface area contributed by atoms with Gasteiger partial charge in [0.15, 0.2) is 17.1 Å². The fraction of sp³-hybridized carbons (Fsp3) is 0.143. The Kier molecular flexibility index (Phi) is 4.90. The number of nitrogens with zero attached hydrogens (tertiary/aromatic N) is 3. The summed E-state index contributed by atoms with van der Waals surface area (Å²) in [7, 11) is 4.67. The molecular formula is C21H19FN4O3. The zero-order chi connectivity index (χ0) is 20.4. The Hall–Kier alpha value is -3.81. The first-order chi connectivity index (χ1) is 14.1. The van der Waals surface area contributed by atoms with Crippen molar-refractivity contribution in [1.82, 2.24) is 14.6 Å². The third-order valence-corrected chi connectivity index (χ3v) is 4.44. The molecular weight excluding hydrogens is 375 g/mol. The second kappa shape index (κ2) is 7.67. The van der Waals surface area contributed by atoms with E-state index in [4.69, 9.17) is 14.2 Å². The van der Waals surface area contributed by atoms with Crippen molar-refractivity contribution in [2.45, 2.75) is 0 Å². The predicted octanol–water partition coefficient (Wildman–Crippen LogP) is 4.30. The first-order valence-electron chi connectivity index (χ1n) is 8.80. The highest BCUT2D eigenvalue weighted by Crippen LogP contribution is 2.40. The van der Waals surface area contributed by atoms with Gasteiger partial charge in [-0.2, -0.15) is 5.10 Å². The maximum atomic E-state index is 13.6. The standard InChI is InChI=1S/C21H19FN4O3/c1-27-17-10-15(11-18(28-2)20(17)29-3)24-19-7-8-26-21(25-19)16(12-23-26)13-5-4-6-14(22)9-13/h4-12H,1-3H3,(H,24,25). The van der Waals surface area contributed by atoms with E-state index in [9.17, 15) is 4.39 Å². The van der Waals surface area contributed by atoms with Gasteiger partial charge in [-0.25, -0.2) is 13.9 Å². The minimum atomic E-state index is -0.312. The quantitative estimate of drug-likeness (QED) is 0.526. The largest absolute Gasteiger partial charge is 0.493 e. The first kappa shape index (κ1) is 18.5. The Balaban J connectivity index is 1.73. The normalized spacial score (nSPS) is 10.8. The number of nitrogens with one attached hydrogen (secondary N) is 1. The van der Waals surface area contributed by atoms with E-state index in [0.29, 0.717) is 40.0 Å². The molecule has 0 saturated carbocycles. The number of ether oxygens (including phenoxy) is 3. The summed E-state index contributed by atoms with van der Waals surface area (Å²) in [6.45, 7) is 0. The maximum Gasteiger partial charge on any atom is 0.203 e. The lowest BCUT2D eigenvalue weighted by Crippen LogP contribution is -2.00. The molecule has 7 nitrogen and oxygen atoms in total. The van der Waals surface area contributed by atoms with Crippen molar-refractivity contribution in [1.29, 1.82) is 0 Å². The van der Waals surface area contributed by atoms with Crippen LogP contribution in [0.5, 0.6) is 17.2 Å². The second-order valence-electron chi connectivity index (χ2n) is 6.19. The molecule has 0 aliphatic carbocycles. The average Bonchev–Trinajstić information content (AvgIpc) is 3.16. The van der Waals surface area contributed by atoms with Crippen LogP contribution in [0.1, 0.15) is 0 Å². The van der Waals surface area contributed by atoms with Gasteiger partial charge in [-0.3, -0.25) is 0 Å². The summed E-state index contributed by atoms with van der Waals surface area (Å²) < 4.78 is 31.4. The summed E-state index contributed by atoms with van der Waals surface area (Å²) in [4.78, 5) is 4.64. The van der Waals surface area contributed by atoms with E-state index >= 15 is 0 Å². The van der Waals surface area contributed by atoms with Gasteiger partial charge < -0.3 is 19.5 Å². The predicted molar refractivity (Wildman–Crippen MR) is 108 cm³/mol. The maximum absolute atomic E-state index is 13.6. The molecule has 4 aromatic rings. The summed E-state index contributed by atoms with van der Waals surface area (Å²) in [5, 5.41) is 7.53. The van der Waals surface area contributed by atoms with Crippen molar-refractivity contribution in [3.05, 3.63) is 60.7 Å². The SMILES string of the molecule is COc1cc(Nc2ccn3ncc(-c4cccc(F)c4)c3n2)cc(OC)c1OC. The van der Waals surface area contributed by atoms with Crippen LogP contribution in [0.2, 0.25) is 0 Å². The van der Waals surface area contributed by atoms with Crippen molar-refractivity contribution < 1.29 is 18.6 Å². The Bertz CT molecular complexity index is 1150. The number of hydrogen-bond acceptors (Lipinski definition) is 6. The van der Waals surface area contributed by atoms with Crippen LogP contribution in [-0.4, -0.2) is 35.9 Å². The third kappa shape index (κ3) is 3.52. The van der Waals surface area contributed by atoms with Crippen LogP contribution in [0.3, 0.4) is 0 Å². The lowest BCUT2D eigenvalue weighted by molar-refractivity contribution is 0.324. The summed E-state index contributed by atoms with van der Waals surface area (Å²) in [6.07, 6.45) is 3.45. The van der Waals surface area contributed by atoms with Crippen LogP contribution < -0.4 is 19.5 Å². The summed E-state index contributed by atoms with van der Waals surface area (Å²) in [5.74, 6) is 1.84. The second-order valence-corrected chi connectivity index (χ2v) is 6.19. The average molecular weight is 394 g/mol. The van der Waals surface area contributed by atoms with Crippen LogP contribution in [0, 0.1) is 5.82 Å².